The zero-order valence-electron chi connectivity index (χ0n) is 13.3. The number of hydrogen-bond acceptors (Lipinski definition) is 3. The number of rotatable bonds is 6. The molecule has 24 heavy (non-hydrogen) atoms. The summed E-state index contributed by atoms with van der Waals surface area (Å²) in [4.78, 5) is 27.1. The Morgan fingerprint density at radius 3 is 2.83 bits per heavy atom. The Hall–Kier alpha value is -3.02. The lowest BCUT2D eigenvalue weighted by atomic mass is 10.1. The van der Waals surface area contributed by atoms with Crippen LogP contribution < -0.4 is 10.6 Å². The normalized spacial score (nSPS) is 12.0. The molecule has 6 heteroatoms. The predicted octanol–water partition coefficient (Wildman–Crippen LogP) is 2.24. The summed E-state index contributed by atoms with van der Waals surface area (Å²) in [7, 11) is 0. The minimum Gasteiger partial charge on any atom is -0.459 e. The highest BCUT2D eigenvalue weighted by molar-refractivity contribution is 5.95. The van der Waals surface area contributed by atoms with Crippen molar-refractivity contribution in [2.24, 2.45) is 0 Å². The van der Waals surface area contributed by atoms with Crippen molar-refractivity contribution in [1.82, 2.24) is 15.6 Å². The zero-order chi connectivity index (χ0) is 16.9. The van der Waals surface area contributed by atoms with Crippen molar-refractivity contribution >= 4 is 22.7 Å². The molecule has 3 N–H and O–H groups in total. The molecule has 0 unspecified atom stereocenters. The molecule has 1 atom stereocenters. The molecule has 1 aromatic carbocycles. The van der Waals surface area contributed by atoms with Gasteiger partial charge < -0.3 is 20.0 Å². The molecule has 0 aliphatic carbocycles. The van der Waals surface area contributed by atoms with Crippen LogP contribution in [0.25, 0.3) is 10.9 Å². The molecule has 124 valence electrons. The minimum atomic E-state index is -0.634. The van der Waals surface area contributed by atoms with Crippen LogP contribution in [0.5, 0.6) is 0 Å². The van der Waals surface area contributed by atoms with E-state index in [4.69, 9.17) is 4.42 Å². The third-order valence-electron chi connectivity index (χ3n) is 3.85. The molecule has 0 bridgehead atoms. The second-order valence-electron chi connectivity index (χ2n) is 5.57. The third kappa shape index (κ3) is 3.48. The first kappa shape index (κ1) is 15.9. The van der Waals surface area contributed by atoms with Crippen molar-refractivity contribution < 1.29 is 14.0 Å². The number of amides is 2. The van der Waals surface area contributed by atoms with Crippen LogP contribution in [0.2, 0.25) is 0 Å². The number of H-pyrrole nitrogens is 1. The molecule has 0 saturated heterocycles. The van der Waals surface area contributed by atoms with Crippen molar-refractivity contribution in [3.8, 4) is 0 Å². The van der Waals surface area contributed by atoms with Gasteiger partial charge in [-0.15, -0.1) is 0 Å². The summed E-state index contributed by atoms with van der Waals surface area (Å²) in [5.41, 5.74) is 2.23. The summed E-state index contributed by atoms with van der Waals surface area (Å²) in [6.07, 6.45) is 4.09. The van der Waals surface area contributed by atoms with Crippen LogP contribution in [0, 0.1) is 0 Å². The Bertz CT molecular complexity index is 836. The van der Waals surface area contributed by atoms with Gasteiger partial charge in [0, 0.05) is 23.6 Å². The highest BCUT2D eigenvalue weighted by Gasteiger charge is 2.17. The number of aromatic amines is 1. The molecule has 0 spiro atoms. The maximum atomic E-state index is 12.1. The van der Waals surface area contributed by atoms with Gasteiger partial charge in [0.15, 0.2) is 5.76 Å². The maximum absolute atomic E-state index is 12.1. The monoisotopic (exact) mass is 325 g/mol. The molecular formula is C18H19N3O3. The maximum Gasteiger partial charge on any atom is 0.287 e. The van der Waals surface area contributed by atoms with Gasteiger partial charge in [-0.3, -0.25) is 9.59 Å². The number of nitrogens with one attached hydrogen (secondary N) is 3. The Morgan fingerprint density at radius 2 is 2.04 bits per heavy atom. The SMILES string of the molecule is C[C@@H](NC(=O)c1ccco1)C(=O)NCCc1c[nH]c2ccccc12. The van der Waals surface area contributed by atoms with E-state index in [1.807, 2.05) is 24.4 Å². The van der Waals surface area contributed by atoms with Gasteiger partial charge in [-0.25, -0.2) is 0 Å². The lowest BCUT2D eigenvalue weighted by Gasteiger charge is -2.13. The van der Waals surface area contributed by atoms with E-state index in [1.165, 1.54) is 6.26 Å². The van der Waals surface area contributed by atoms with Gasteiger partial charge in [0.1, 0.15) is 6.04 Å². The van der Waals surface area contributed by atoms with E-state index in [9.17, 15) is 9.59 Å². The summed E-state index contributed by atoms with van der Waals surface area (Å²) in [5.74, 6) is -0.442. The molecule has 2 heterocycles. The van der Waals surface area contributed by atoms with Crippen molar-refractivity contribution in [1.29, 1.82) is 0 Å². The fourth-order valence-electron chi connectivity index (χ4n) is 2.55. The average Bonchev–Trinajstić information content (AvgIpc) is 3.24. The lowest BCUT2D eigenvalue weighted by molar-refractivity contribution is -0.122. The number of hydrogen-bond donors (Lipinski definition) is 3. The van der Waals surface area contributed by atoms with Gasteiger partial charge in [0.05, 0.1) is 6.26 Å². The van der Waals surface area contributed by atoms with E-state index in [2.05, 4.69) is 21.7 Å². The Labute approximate surface area is 139 Å². The van der Waals surface area contributed by atoms with E-state index in [-0.39, 0.29) is 11.7 Å². The van der Waals surface area contributed by atoms with Crippen LogP contribution in [0.3, 0.4) is 0 Å². The second-order valence-corrected chi connectivity index (χ2v) is 5.57. The van der Waals surface area contributed by atoms with Crippen LogP contribution in [-0.4, -0.2) is 29.4 Å². The number of para-hydroxylation sites is 1. The topological polar surface area (TPSA) is 87.1 Å². The van der Waals surface area contributed by atoms with Crippen LogP contribution in [0.15, 0.2) is 53.3 Å². The molecule has 3 aromatic rings. The molecular weight excluding hydrogens is 306 g/mol. The largest absolute Gasteiger partial charge is 0.459 e. The number of fused-ring (bicyclic) bond motifs is 1. The average molecular weight is 325 g/mol. The zero-order valence-corrected chi connectivity index (χ0v) is 13.3. The Kier molecular flexibility index (Phi) is 4.65. The highest BCUT2D eigenvalue weighted by atomic mass is 16.3. The first-order valence-corrected chi connectivity index (χ1v) is 7.82. The van der Waals surface area contributed by atoms with Crippen LogP contribution in [0.1, 0.15) is 23.0 Å². The van der Waals surface area contributed by atoms with Gasteiger partial charge in [-0.2, -0.15) is 0 Å². The van der Waals surface area contributed by atoms with E-state index in [0.29, 0.717) is 13.0 Å². The summed E-state index contributed by atoms with van der Waals surface area (Å²) in [5, 5.41) is 6.60. The van der Waals surface area contributed by atoms with Crippen molar-refractivity contribution in [3.63, 3.8) is 0 Å². The van der Waals surface area contributed by atoms with Gasteiger partial charge in [-0.05, 0) is 37.1 Å². The molecule has 0 fully saturated rings. The van der Waals surface area contributed by atoms with Crippen molar-refractivity contribution in [2.45, 2.75) is 19.4 Å². The van der Waals surface area contributed by atoms with Crippen LogP contribution in [-0.2, 0) is 11.2 Å². The molecule has 0 aliphatic rings. The highest BCUT2D eigenvalue weighted by Crippen LogP contribution is 2.17. The van der Waals surface area contributed by atoms with Gasteiger partial charge in [-0.1, -0.05) is 18.2 Å². The first-order chi connectivity index (χ1) is 11.6. The number of aromatic nitrogens is 1. The molecule has 0 radical (unpaired) electrons. The first-order valence-electron chi connectivity index (χ1n) is 7.82. The molecule has 3 rings (SSSR count). The summed E-state index contributed by atoms with van der Waals surface area (Å²) >= 11 is 0. The smallest absolute Gasteiger partial charge is 0.287 e. The molecule has 6 nitrogen and oxygen atoms in total. The van der Waals surface area contributed by atoms with Crippen LogP contribution in [0.4, 0.5) is 0 Å². The van der Waals surface area contributed by atoms with Gasteiger partial charge in [0.2, 0.25) is 5.91 Å². The fraction of sp³-hybridized carbons (Fsp3) is 0.222. The summed E-state index contributed by atoms with van der Waals surface area (Å²) in [6.45, 7) is 2.14. The molecule has 0 saturated carbocycles. The lowest BCUT2D eigenvalue weighted by Crippen LogP contribution is -2.45. The quantitative estimate of drug-likeness (QED) is 0.649. The summed E-state index contributed by atoms with van der Waals surface area (Å²) < 4.78 is 5.00. The number of benzene rings is 1. The van der Waals surface area contributed by atoms with Crippen LogP contribution >= 0.6 is 0 Å². The third-order valence-corrected chi connectivity index (χ3v) is 3.85. The van der Waals surface area contributed by atoms with Gasteiger partial charge in [0.25, 0.3) is 5.91 Å². The Balaban J connectivity index is 1.49. The summed E-state index contributed by atoms with van der Waals surface area (Å²) in [6, 6.07) is 10.6. The number of carbonyl (C=O) groups excluding carboxylic acids is 2. The minimum absolute atomic E-state index is 0.188. The molecule has 2 amide bonds. The number of furan rings is 1. The Morgan fingerprint density at radius 1 is 1.21 bits per heavy atom. The molecule has 2 aromatic heterocycles. The van der Waals surface area contributed by atoms with Crippen molar-refractivity contribution in [3.05, 3.63) is 60.2 Å². The van der Waals surface area contributed by atoms with E-state index in [0.717, 1.165) is 16.5 Å². The standard InChI is InChI=1S/C18H19N3O3/c1-12(21-18(23)16-7-4-10-24-16)17(22)19-9-8-13-11-20-15-6-3-2-5-14(13)15/h2-7,10-12,20H,8-9H2,1H3,(H,19,22)(H,21,23)/t12-/m1/s1. The van der Waals surface area contributed by atoms with E-state index in [1.54, 1.807) is 19.1 Å². The van der Waals surface area contributed by atoms with E-state index >= 15 is 0 Å². The second kappa shape index (κ2) is 7.04. The molecule has 0 aliphatic heterocycles. The van der Waals surface area contributed by atoms with E-state index < -0.39 is 11.9 Å². The van der Waals surface area contributed by atoms with Gasteiger partial charge >= 0.3 is 0 Å². The fourth-order valence-corrected chi connectivity index (χ4v) is 2.55. The number of carbonyl (C=O) groups is 2. The van der Waals surface area contributed by atoms with Crippen molar-refractivity contribution in [2.75, 3.05) is 6.54 Å². The predicted molar refractivity (Wildman–Crippen MR) is 90.6 cm³/mol.